The molecule has 0 radical (unpaired) electrons. The van der Waals surface area contributed by atoms with Crippen LogP contribution in [0.25, 0.3) is 22.2 Å². The van der Waals surface area contributed by atoms with Crippen LogP contribution in [0.3, 0.4) is 0 Å². The molecule has 5 heteroatoms. The van der Waals surface area contributed by atoms with E-state index < -0.39 is 6.17 Å². The summed E-state index contributed by atoms with van der Waals surface area (Å²) in [5, 5.41) is 1.24. The van der Waals surface area contributed by atoms with Crippen LogP contribution in [0, 0.1) is 6.92 Å². The first-order valence-corrected chi connectivity index (χ1v) is 10.5. The smallest absolute Gasteiger partial charge is 0.253 e. The van der Waals surface area contributed by atoms with Crippen LogP contribution in [0.4, 0.5) is 4.39 Å². The number of halogens is 1. The number of nitrogens with one attached hydrogen (secondary N) is 1. The average molecular weight is 396 g/mol. The summed E-state index contributed by atoms with van der Waals surface area (Å²) in [5.74, 6) is 0.345. The number of likely N-dealkylation sites (tertiary alicyclic amines) is 1. The minimum absolute atomic E-state index is 0.0377. The zero-order valence-electron chi connectivity index (χ0n) is 17.8. The van der Waals surface area contributed by atoms with Gasteiger partial charge in [0.1, 0.15) is 6.17 Å². The van der Waals surface area contributed by atoms with Crippen LogP contribution < -0.4 is 5.56 Å². The van der Waals surface area contributed by atoms with E-state index in [4.69, 9.17) is 0 Å². The lowest BCUT2D eigenvalue weighted by atomic mass is 9.95. The van der Waals surface area contributed by atoms with Gasteiger partial charge in [0.2, 0.25) is 0 Å². The van der Waals surface area contributed by atoms with Crippen LogP contribution in [-0.4, -0.2) is 40.3 Å². The van der Waals surface area contributed by atoms with Crippen molar-refractivity contribution in [3.05, 3.63) is 57.5 Å². The Hall–Kier alpha value is -2.40. The fraction of sp³-hybridized carbons (Fsp3) is 0.458. The zero-order valence-corrected chi connectivity index (χ0v) is 17.8. The number of nitrogens with zero attached hydrogens (tertiary/aromatic N) is 2. The van der Waals surface area contributed by atoms with Gasteiger partial charge in [-0.25, -0.2) is 4.39 Å². The average Bonchev–Trinajstić information content (AvgIpc) is 3.26. The van der Waals surface area contributed by atoms with Crippen LogP contribution in [-0.2, 0) is 13.5 Å². The predicted octanol–water partition coefficient (Wildman–Crippen LogP) is 4.55. The van der Waals surface area contributed by atoms with Gasteiger partial charge in [-0.15, -0.1) is 0 Å². The Morgan fingerprint density at radius 3 is 2.72 bits per heavy atom. The lowest BCUT2D eigenvalue weighted by Crippen LogP contribution is -2.23. The van der Waals surface area contributed by atoms with Crippen molar-refractivity contribution in [3.63, 3.8) is 0 Å². The molecule has 1 aromatic carbocycles. The molecule has 0 saturated carbocycles. The molecular weight excluding hydrogens is 365 g/mol. The van der Waals surface area contributed by atoms with Crippen molar-refractivity contribution < 1.29 is 4.39 Å². The SMILES string of the molecule is Cc1cc(-c2[nH]c3ccc(CCN4CC[C@@H](F)C4)cc3c2C(C)C)cn(C)c1=O. The maximum atomic E-state index is 13.4. The Balaban J connectivity index is 1.71. The van der Waals surface area contributed by atoms with Crippen molar-refractivity contribution in [3.8, 4) is 11.3 Å². The minimum Gasteiger partial charge on any atom is -0.354 e. The first kappa shape index (κ1) is 19.9. The van der Waals surface area contributed by atoms with E-state index in [9.17, 15) is 9.18 Å². The summed E-state index contributed by atoms with van der Waals surface area (Å²) in [4.78, 5) is 17.9. The molecule has 1 fully saturated rings. The monoisotopic (exact) mass is 395 g/mol. The van der Waals surface area contributed by atoms with Gasteiger partial charge in [-0.05, 0) is 55.0 Å². The maximum Gasteiger partial charge on any atom is 0.253 e. The van der Waals surface area contributed by atoms with Gasteiger partial charge in [-0.3, -0.25) is 4.79 Å². The summed E-state index contributed by atoms with van der Waals surface area (Å²) < 4.78 is 15.1. The third-order valence-corrected chi connectivity index (χ3v) is 6.06. The molecule has 29 heavy (non-hydrogen) atoms. The van der Waals surface area contributed by atoms with Crippen molar-refractivity contribution in [1.82, 2.24) is 14.5 Å². The second kappa shape index (κ2) is 7.79. The number of hydrogen-bond acceptors (Lipinski definition) is 2. The Morgan fingerprint density at radius 1 is 1.28 bits per heavy atom. The summed E-state index contributed by atoms with van der Waals surface area (Å²) in [6, 6.07) is 8.57. The van der Waals surface area contributed by atoms with E-state index in [1.54, 1.807) is 11.6 Å². The number of aromatic nitrogens is 2. The number of rotatable bonds is 5. The zero-order chi connectivity index (χ0) is 20.7. The van der Waals surface area contributed by atoms with Crippen molar-refractivity contribution in [1.29, 1.82) is 0 Å². The number of alkyl halides is 1. The van der Waals surface area contributed by atoms with Crippen LogP contribution in [0.5, 0.6) is 0 Å². The molecule has 1 N–H and O–H groups in total. The summed E-state index contributed by atoms with van der Waals surface area (Å²) in [6.07, 6.45) is 2.84. The fourth-order valence-electron chi connectivity index (χ4n) is 4.53. The van der Waals surface area contributed by atoms with Crippen molar-refractivity contribution in [2.24, 2.45) is 7.05 Å². The van der Waals surface area contributed by atoms with Crippen LogP contribution in [0.15, 0.2) is 35.3 Å². The van der Waals surface area contributed by atoms with Gasteiger partial charge in [0, 0.05) is 54.9 Å². The third-order valence-electron chi connectivity index (χ3n) is 6.06. The highest BCUT2D eigenvalue weighted by Crippen LogP contribution is 2.36. The van der Waals surface area contributed by atoms with Gasteiger partial charge in [-0.2, -0.15) is 0 Å². The molecule has 2 aromatic heterocycles. The molecule has 1 aliphatic heterocycles. The summed E-state index contributed by atoms with van der Waals surface area (Å²) in [7, 11) is 1.80. The van der Waals surface area contributed by atoms with Gasteiger partial charge >= 0.3 is 0 Å². The lowest BCUT2D eigenvalue weighted by Gasteiger charge is -2.14. The molecule has 0 spiro atoms. The van der Waals surface area contributed by atoms with Gasteiger partial charge in [0.25, 0.3) is 5.56 Å². The van der Waals surface area contributed by atoms with Crippen LogP contribution >= 0.6 is 0 Å². The molecule has 1 aliphatic rings. The number of aryl methyl sites for hydroxylation is 2. The first-order chi connectivity index (χ1) is 13.8. The molecule has 0 unspecified atom stereocenters. The molecular formula is C24H30FN3O. The van der Waals surface area contributed by atoms with E-state index in [1.807, 2.05) is 19.2 Å². The van der Waals surface area contributed by atoms with E-state index in [0.29, 0.717) is 18.9 Å². The van der Waals surface area contributed by atoms with E-state index in [2.05, 4.69) is 41.9 Å². The van der Waals surface area contributed by atoms with Gasteiger partial charge in [-0.1, -0.05) is 19.9 Å². The van der Waals surface area contributed by atoms with E-state index in [0.717, 1.165) is 41.8 Å². The van der Waals surface area contributed by atoms with Gasteiger partial charge in [0.15, 0.2) is 0 Å². The number of hydrogen-bond donors (Lipinski definition) is 1. The summed E-state index contributed by atoms with van der Waals surface area (Å²) in [5.41, 5.74) is 6.59. The number of H-pyrrole nitrogens is 1. The second-order valence-electron chi connectivity index (χ2n) is 8.71. The number of fused-ring (bicyclic) bond motifs is 1. The molecule has 4 rings (SSSR count). The highest BCUT2D eigenvalue weighted by molar-refractivity contribution is 5.91. The maximum absolute atomic E-state index is 13.4. The molecule has 0 amide bonds. The number of benzene rings is 1. The lowest BCUT2D eigenvalue weighted by molar-refractivity contribution is 0.290. The van der Waals surface area contributed by atoms with Crippen LogP contribution in [0.2, 0.25) is 0 Å². The predicted molar refractivity (Wildman–Crippen MR) is 117 cm³/mol. The summed E-state index contributed by atoms with van der Waals surface area (Å²) in [6.45, 7) is 8.61. The Morgan fingerprint density at radius 2 is 2.07 bits per heavy atom. The van der Waals surface area contributed by atoms with Crippen molar-refractivity contribution in [2.75, 3.05) is 19.6 Å². The Labute approximate surface area is 171 Å². The highest BCUT2D eigenvalue weighted by Gasteiger charge is 2.21. The van der Waals surface area contributed by atoms with E-state index in [1.165, 1.54) is 16.5 Å². The molecule has 0 bridgehead atoms. The van der Waals surface area contributed by atoms with Crippen molar-refractivity contribution >= 4 is 10.9 Å². The highest BCUT2D eigenvalue weighted by atomic mass is 19.1. The normalized spacial score (nSPS) is 17.7. The second-order valence-corrected chi connectivity index (χ2v) is 8.71. The topological polar surface area (TPSA) is 41.0 Å². The molecule has 4 nitrogen and oxygen atoms in total. The quantitative estimate of drug-likeness (QED) is 0.688. The molecule has 3 aromatic rings. The van der Waals surface area contributed by atoms with Crippen LogP contribution in [0.1, 0.15) is 42.9 Å². The molecule has 3 heterocycles. The fourth-order valence-corrected chi connectivity index (χ4v) is 4.53. The first-order valence-electron chi connectivity index (χ1n) is 10.5. The standard InChI is InChI=1S/C24H30FN3O/c1-15(2)22-20-12-17(7-9-28-10-8-19(25)14-28)5-6-21(20)26-23(22)18-11-16(3)24(29)27(4)13-18/h5-6,11-13,15,19,26H,7-10,14H2,1-4H3/t19-/m1/s1. The minimum atomic E-state index is -0.664. The number of aromatic amines is 1. The summed E-state index contributed by atoms with van der Waals surface area (Å²) >= 11 is 0. The van der Waals surface area contributed by atoms with E-state index in [-0.39, 0.29) is 5.56 Å². The van der Waals surface area contributed by atoms with Gasteiger partial charge < -0.3 is 14.5 Å². The largest absolute Gasteiger partial charge is 0.354 e. The molecule has 1 saturated heterocycles. The Kier molecular flexibility index (Phi) is 5.34. The molecule has 0 aliphatic carbocycles. The molecule has 154 valence electrons. The van der Waals surface area contributed by atoms with Crippen molar-refractivity contribution in [2.45, 2.75) is 45.7 Å². The third kappa shape index (κ3) is 3.88. The molecule has 1 atom stereocenters. The van der Waals surface area contributed by atoms with Gasteiger partial charge in [0.05, 0.1) is 5.69 Å². The Bertz CT molecular complexity index is 1070. The number of pyridine rings is 1. The van der Waals surface area contributed by atoms with E-state index >= 15 is 0 Å².